The first kappa shape index (κ1) is 14.9. The lowest BCUT2D eigenvalue weighted by Crippen LogP contribution is -2.38. The van der Waals surface area contributed by atoms with Gasteiger partial charge in [0.1, 0.15) is 5.75 Å². The van der Waals surface area contributed by atoms with Gasteiger partial charge in [0.05, 0.1) is 23.8 Å². The average Bonchev–Trinajstić information content (AvgIpc) is 2.32. The topological polar surface area (TPSA) is 51.4 Å². The van der Waals surface area contributed by atoms with Gasteiger partial charge in [0.2, 0.25) is 0 Å². The molecule has 1 heterocycles. The zero-order valence-electron chi connectivity index (χ0n) is 11.7. The molecule has 5 heteroatoms. The van der Waals surface area contributed by atoms with Gasteiger partial charge in [-0.05, 0) is 27.8 Å². The molecule has 1 atom stereocenters. The van der Waals surface area contributed by atoms with Crippen molar-refractivity contribution >= 4 is 17.2 Å². The third kappa shape index (κ3) is 3.17. The second-order valence-corrected chi connectivity index (χ2v) is 5.01. The number of rotatable bonds is 5. The van der Waals surface area contributed by atoms with E-state index in [0.29, 0.717) is 11.5 Å². The SMILES string of the molecule is COc1c(C)cnc(CN(C)C(C)C(N)=S)c1C. The number of methoxy groups -OCH3 is 1. The van der Waals surface area contributed by atoms with Crippen molar-refractivity contribution in [3.8, 4) is 5.75 Å². The van der Waals surface area contributed by atoms with Crippen LogP contribution in [0.25, 0.3) is 0 Å². The second-order valence-electron chi connectivity index (χ2n) is 4.54. The Hall–Kier alpha value is -1.20. The van der Waals surface area contributed by atoms with Gasteiger partial charge in [0.15, 0.2) is 0 Å². The van der Waals surface area contributed by atoms with E-state index in [1.165, 1.54) is 0 Å². The Morgan fingerprint density at radius 2 is 2.17 bits per heavy atom. The molecule has 0 aromatic carbocycles. The first-order chi connectivity index (χ1) is 8.38. The van der Waals surface area contributed by atoms with Crippen LogP contribution in [-0.2, 0) is 6.54 Å². The van der Waals surface area contributed by atoms with Crippen LogP contribution in [0, 0.1) is 13.8 Å². The number of likely N-dealkylation sites (N-methyl/N-ethyl adjacent to an activating group) is 1. The van der Waals surface area contributed by atoms with Gasteiger partial charge in [-0.2, -0.15) is 0 Å². The van der Waals surface area contributed by atoms with Gasteiger partial charge in [-0.3, -0.25) is 9.88 Å². The second kappa shape index (κ2) is 6.11. The molecule has 0 aliphatic rings. The minimum absolute atomic E-state index is 0.0495. The maximum atomic E-state index is 5.65. The zero-order valence-corrected chi connectivity index (χ0v) is 12.5. The summed E-state index contributed by atoms with van der Waals surface area (Å²) in [4.78, 5) is 7.03. The molecule has 0 bridgehead atoms. The Balaban J connectivity index is 2.95. The molecule has 100 valence electrons. The van der Waals surface area contributed by atoms with Crippen molar-refractivity contribution in [2.24, 2.45) is 5.73 Å². The lowest BCUT2D eigenvalue weighted by atomic mass is 10.1. The summed E-state index contributed by atoms with van der Waals surface area (Å²) in [7, 11) is 3.66. The van der Waals surface area contributed by atoms with Crippen LogP contribution in [0.4, 0.5) is 0 Å². The Kier molecular flexibility index (Phi) is 5.04. The van der Waals surface area contributed by atoms with Crippen molar-refractivity contribution in [1.29, 1.82) is 0 Å². The van der Waals surface area contributed by atoms with Crippen LogP contribution in [0.3, 0.4) is 0 Å². The average molecular weight is 267 g/mol. The van der Waals surface area contributed by atoms with E-state index >= 15 is 0 Å². The largest absolute Gasteiger partial charge is 0.496 e. The quantitative estimate of drug-likeness (QED) is 0.825. The molecule has 0 aliphatic carbocycles. The van der Waals surface area contributed by atoms with Crippen LogP contribution in [-0.4, -0.2) is 35.1 Å². The fourth-order valence-electron chi connectivity index (χ4n) is 1.82. The molecule has 0 radical (unpaired) electrons. The maximum Gasteiger partial charge on any atom is 0.128 e. The van der Waals surface area contributed by atoms with Gasteiger partial charge in [0.25, 0.3) is 0 Å². The Bertz CT molecular complexity index is 448. The van der Waals surface area contributed by atoms with Crippen molar-refractivity contribution in [1.82, 2.24) is 9.88 Å². The summed E-state index contributed by atoms with van der Waals surface area (Å²) in [6, 6.07) is 0.0495. The van der Waals surface area contributed by atoms with Crippen molar-refractivity contribution in [3.63, 3.8) is 0 Å². The van der Waals surface area contributed by atoms with Crippen molar-refractivity contribution in [2.75, 3.05) is 14.2 Å². The Morgan fingerprint density at radius 3 is 2.67 bits per heavy atom. The summed E-state index contributed by atoms with van der Waals surface area (Å²) in [5, 5.41) is 0. The van der Waals surface area contributed by atoms with E-state index in [1.54, 1.807) is 7.11 Å². The van der Waals surface area contributed by atoms with Crippen LogP contribution in [0.15, 0.2) is 6.20 Å². The molecular weight excluding hydrogens is 246 g/mol. The van der Waals surface area contributed by atoms with E-state index in [4.69, 9.17) is 22.7 Å². The number of nitrogens with zero attached hydrogens (tertiary/aromatic N) is 2. The number of nitrogens with two attached hydrogens (primary N) is 1. The predicted molar refractivity (Wildman–Crippen MR) is 78.0 cm³/mol. The summed E-state index contributed by atoms with van der Waals surface area (Å²) < 4.78 is 5.40. The molecule has 0 saturated carbocycles. The maximum absolute atomic E-state index is 5.65. The molecule has 18 heavy (non-hydrogen) atoms. The molecule has 0 amide bonds. The number of pyridine rings is 1. The monoisotopic (exact) mass is 267 g/mol. The molecule has 0 fully saturated rings. The first-order valence-electron chi connectivity index (χ1n) is 5.87. The zero-order chi connectivity index (χ0) is 13.9. The summed E-state index contributed by atoms with van der Waals surface area (Å²) in [5.41, 5.74) is 8.76. The Morgan fingerprint density at radius 1 is 1.56 bits per heavy atom. The van der Waals surface area contributed by atoms with E-state index in [-0.39, 0.29) is 6.04 Å². The number of thiocarbonyl (C=S) groups is 1. The molecule has 0 aliphatic heterocycles. The summed E-state index contributed by atoms with van der Waals surface area (Å²) in [5.74, 6) is 0.899. The molecule has 0 spiro atoms. The molecule has 2 N–H and O–H groups in total. The third-order valence-electron chi connectivity index (χ3n) is 3.22. The molecule has 0 saturated heterocycles. The fourth-order valence-corrected chi connectivity index (χ4v) is 2.00. The number of hydrogen-bond acceptors (Lipinski definition) is 4. The van der Waals surface area contributed by atoms with Gasteiger partial charge < -0.3 is 10.5 Å². The van der Waals surface area contributed by atoms with E-state index in [9.17, 15) is 0 Å². The third-order valence-corrected chi connectivity index (χ3v) is 3.56. The number of aromatic nitrogens is 1. The molecular formula is C13H21N3OS. The first-order valence-corrected chi connectivity index (χ1v) is 6.28. The highest BCUT2D eigenvalue weighted by atomic mass is 32.1. The van der Waals surface area contributed by atoms with Crippen molar-refractivity contribution in [2.45, 2.75) is 33.4 Å². The van der Waals surface area contributed by atoms with E-state index < -0.39 is 0 Å². The minimum atomic E-state index is 0.0495. The van der Waals surface area contributed by atoms with Gasteiger partial charge in [-0.25, -0.2) is 0 Å². The van der Waals surface area contributed by atoms with Gasteiger partial charge in [-0.15, -0.1) is 0 Å². The summed E-state index contributed by atoms with van der Waals surface area (Å²) in [6.45, 7) is 6.70. The normalized spacial score (nSPS) is 12.6. The van der Waals surface area contributed by atoms with E-state index in [1.807, 2.05) is 34.0 Å². The van der Waals surface area contributed by atoms with Crippen LogP contribution < -0.4 is 10.5 Å². The van der Waals surface area contributed by atoms with Crippen LogP contribution in [0.5, 0.6) is 5.75 Å². The Labute approximate surface area is 114 Å². The molecule has 1 unspecified atom stereocenters. The highest BCUT2D eigenvalue weighted by molar-refractivity contribution is 7.80. The number of aryl methyl sites for hydroxylation is 1. The van der Waals surface area contributed by atoms with Gasteiger partial charge in [0, 0.05) is 23.9 Å². The minimum Gasteiger partial charge on any atom is -0.496 e. The van der Waals surface area contributed by atoms with Gasteiger partial charge in [-0.1, -0.05) is 12.2 Å². The standard InChI is InChI=1S/C13H21N3OS/c1-8-6-15-11(9(2)12(8)17-5)7-16(4)10(3)13(14)18/h6,10H,7H2,1-5H3,(H2,14,18). The van der Waals surface area contributed by atoms with Crippen LogP contribution >= 0.6 is 12.2 Å². The molecule has 1 aromatic rings. The van der Waals surface area contributed by atoms with Crippen molar-refractivity contribution in [3.05, 3.63) is 23.0 Å². The fraction of sp³-hybridized carbons (Fsp3) is 0.538. The predicted octanol–water partition coefficient (Wildman–Crippen LogP) is 1.81. The number of hydrogen-bond donors (Lipinski definition) is 1. The van der Waals surface area contributed by atoms with Crippen LogP contribution in [0.1, 0.15) is 23.7 Å². The highest BCUT2D eigenvalue weighted by Crippen LogP contribution is 2.24. The lowest BCUT2D eigenvalue weighted by molar-refractivity contribution is 0.298. The van der Waals surface area contributed by atoms with Gasteiger partial charge >= 0.3 is 0 Å². The molecule has 4 nitrogen and oxygen atoms in total. The molecule has 1 rings (SSSR count). The highest BCUT2D eigenvalue weighted by Gasteiger charge is 2.16. The summed E-state index contributed by atoms with van der Waals surface area (Å²) >= 11 is 5.00. The lowest BCUT2D eigenvalue weighted by Gasteiger charge is -2.24. The summed E-state index contributed by atoms with van der Waals surface area (Å²) in [6.07, 6.45) is 1.83. The van der Waals surface area contributed by atoms with E-state index in [2.05, 4.69) is 9.88 Å². The van der Waals surface area contributed by atoms with E-state index in [0.717, 1.165) is 22.6 Å². The number of ether oxygens (including phenoxy) is 1. The smallest absolute Gasteiger partial charge is 0.128 e. The van der Waals surface area contributed by atoms with Crippen LogP contribution in [0.2, 0.25) is 0 Å². The van der Waals surface area contributed by atoms with Crippen molar-refractivity contribution < 1.29 is 4.74 Å². The molecule has 1 aromatic heterocycles.